The predicted octanol–water partition coefficient (Wildman–Crippen LogP) is 5.50. The van der Waals surface area contributed by atoms with Crippen LogP contribution in [0.15, 0.2) is 29.8 Å². The standard InChI is InChI=1S/C21H28O/c1-4-15-6-10-20-19-8-5-14-13-16(22-3)7-9-17(14)18(19)11-12-21(15,20)2/h4,7,9,13,18-20H,5-6,8,10-12H2,1-3H3/t18-,19-,20-,21-/m1/s1. The number of rotatable bonds is 1. The van der Waals surface area contributed by atoms with Crippen molar-refractivity contribution in [3.63, 3.8) is 0 Å². The fraction of sp³-hybridized carbons (Fsp3) is 0.619. The average molecular weight is 296 g/mol. The normalized spacial score (nSPS) is 38.3. The topological polar surface area (TPSA) is 9.23 Å². The summed E-state index contributed by atoms with van der Waals surface area (Å²) in [6.45, 7) is 4.80. The number of benzene rings is 1. The number of hydrogen-bond acceptors (Lipinski definition) is 1. The summed E-state index contributed by atoms with van der Waals surface area (Å²) in [7, 11) is 1.77. The number of fused-ring (bicyclic) bond motifs is 5. The predicted molar refractivity (Wildman–Crippen MR) is 91.4 cm³/mol. The van der Waals surface area contributed by atoms with Crippen LogP contribution in [0.25, 0.3) is 0 Å². The van der Waals surface area contributed by atoms with Crippen LogP contribution in [0.2, 0.25) is 0 Å². The molecule has 0 amide bonds. The van der Waals surface area contributed by atoms with Crippen molar-refractivity contribution in [3.05, 3.63) is 41.0 Å². The van der Waals surface area contributed by atoms with Gasteiger partial charge in [-0.2, -0.15) is 0 Å². The average Bonchev–Trinajstić information content (AvgIpc) is 2.90. The van der Waals surface area contributed by atoms with E-state index in [1.165, 1.54) is 38.5 Å². The second-order valence-electron chi connectivity index (χ2n) is 7.79. The molecule has 1 aromatic rings. The Labute approximate surface area is 134 Å². The first-order valence-corrected chi connectivity index (χ1v) is 9.00. The quantitative estimate of drug-likeness (QED) is 0.622. The van der Waals surface area contributed by atoms with Crippen LogP contribution in [0.3, 0.4) is 0 Å². The summed E-state index contributed by atoms with van der Waals surface area (Å²) in [6.07, 6.45) is 10.5. The Morgan fingerprint density at radius 1 is 1.18 bits per heavy atom. The van der Waals surface area contributed by atoms with Crippen LogP contribution in [0.5, 0.6) is 5.75 Å². The summed E-state index contributed by atoms with van der Waals surface area (Å²) in [5.41, 5.74) is 5.43. The highest BCUT2D eigenvalue weighted by atomic mass is 16.5. The van der Waals surface area contributed by atoms with Crippen molar-refractivity contribution in [3.8, 4) is 5.75 Å². The van der Waals surface area contributed by atoms with Crippen molar-refractivity contribution in [2.24, 2.45) is 17.3 Å². The van der Waals surface area contributed by atoms with Gasteiger partial charge in [0.25, 0.3) is 0 Å². The molecule has 0 spiro atoms. The third kappa shape index (κ3) is 1.90. The molecule has 118 valence electrons. The van der Waals surface area contributed by atoms with E-state index < -0.39 is 0 Å². The van der Waals surface area contributed by atoms with Crippen molar-refractivity contribution in [2.45, 2.75) is 58.3 Å². The van der Waals surface area contributed by atoms with Gasteiger partial charge < -0.3 is 4.74 Å². The molecule has 4 rings (SSSR count). The van der Waals surface area contributed by atoms with Crippen molar-refractivity contribution >= 4 is 0 Å². The van der Waals surface area contributed by atoms with Gasteiger partial charge in [-0.1, -0.05) is 24.6 Å². The van der Waals surface area contributed by atoms with Gasteiger partial charge in [-0.25, -0.2) is 0 Å². The molecule has 4 atom stereocenters. The lowest BCUT2D eigenvalue weighted by Gasteiger charge is -2.49. The number of ether oxygens (including phenoxy) is 1. The van der Waals surface area contributed by atoms with E-state index in [4.69, 9.17) is 4.74 Å². The molecular formula is C21H28O. The fourth-order valence-electron chi connectivity index (χ4n) is 6.01. The van der Waals surface area contributed by atoms with E-state index in [0.717, 1.165) is 23.5 Å². The lowest BCUT2D eigenvalue weighted by molar-refractivity contribution is 0.0813. The first-order chi connectivity index (χ1) is 10.7. The molecule has 0 heterocycles. The molecule has 1 nitrogen and oxygen atoms in total. The van der Waals surface area contributed by atoms with Gasteiger partial charge in [-0.15, -0.1) is 0 Å². The second-order valence-corrected chi connectivity index (χ2v) is 7.79. The largest absolute Gasteiger partial charge is 0.497 e. The molecule has 3 aliphatic carbocycles. The number of hydrogen-bond donors (Lipinski definition) is 0. The van der Waals surface area contributed by atoms with E-state index in [0.29, 0.717) is 5.41 Å². The summed E-state index contributed by atoms with van der Waals surface area (Å²) in [6, 6.07) is 6.81. The molecule has 0 aliphatic heterocycles. The van der Waals surface area contributed by atoms with Crippen LogP contribution in [-0.4, -0.2) is 7.11 Å². The highest BCUT2D eigenvalue weighted by Gasteiger charge is 2.52. The molecule has 0 N–H and O–H groups in total. The zero-order valence-corrected chi connectivity index (χ0v) is 14.2. The maximum atomic E-state index is 5.42. The molecule has 0 aromatic heterocycles. The Bertz CT molecular complexity index is 614. The molecule has 1 heteroatoms. The van der Waals surface area contributed by atoms with E-state index in [-0.39, 0.29) is 0 Å². The SMILES string of the molecule is CC=C1CC[C@@H]2[C@@H]3CCc4cc(OC)ccc4[C@H]3CC[C@]12C. The molecule has 22 heavy (non-hydrogen) atoms. The Hall–Kier alpha value is -1.24. The molecule has 0 unspecified atom stereocenters. The number of aryl methyl sites for hydroxylation is 1. The second kappa shape index (κ2) is 5.15. The van der Waals surface area contributed by atoms with Crippen LogP contribution in [0, 0.1) is 17.3 Å². The van der Waals surface area contributed by atoms with Crippen LogP contribution < -0.4 is 4.74 Å². The van der Waals surface area contributed by atoms with Crippen LogP contribution >= 0.6 is 0 Å². The molecule has 2 saturated carbocycles. The van der Waals surface area contributed by atoms with E-state index in [9.17, 15) is 0 Å². The van der Waals surface area contributed by atoms with Gasteiger partial charge in [0.1, 0.15) is 5.75 Å². The first kappa shape index (κ1) is 14.4. The van der Waals surface area contributed by atoms with Gasteiger partial charge in [-0.3, -0.25) is 0 Å². The first-order valence-electron chi connectivity index (χ1n) is 9.00. The van der Waals surface area contributed by atoms with Crippen LogP contribution in [0.4, 0.5) is 0 Å². The molecule has 2 fully saturated rings. The van der Waals surface area contributed by atoms with Gasteiger partial charge in [0.05, 0.1) is 7.11 Å². The fourth-order valence-corrected chi connectivity index (χ4v) is 6.01. The Morgan fingerprint density at radius 3 is 2.82 bits per heavy atom. The molecule has 3 aliphatic rings. The summed E-state index contributed by atoms with van der Waals surface area (Å²) >= 11 is 0. The number of methoxy groups -OCH3 is 1. The van der Waals surface area contributed by atoms with Crippen LogP contribution in [0.1, 0.15) is 63.0 Å². The minimum absolute atomic E-state index is 0.500. The van der Waals surface area contributed by atoms with Crippen molar-refractivity contribution in [1.82, 2.24) is 0 Å². The van der Waals surface area contributed by atoms with Crippen LogP contribution in [-0.2, 0) is 6.42 Å². The van der Waals surface area contributed by atoms with Gasteiger partial charge in [0, 0.05) is 0 Å². The summed E-state index contributed by atoms with van der Waals surface area (Å²) < 4.78 is 5.42. The highest BCUT2D eigenvalue weighted by Crippen LogP contribution is 2.62. The monoisotopic (exact) mass is 296 g/mol. The Kier molecular flexibility index (Phi) is 3.36. The van der Waals surface area contributed by atoms with Crippen molar-refractivity contribution in [1.29, 1.82) is 0 Å². The van der Waals surface area contributed by atoms with E-state index >= 15 is 0 Å². The Morgan fingerprint density at radius 2 is 2.05 bits per heavy atom. The zero-order chi connectivity index (χ0) is 15.3. The summed E-state index contributed by atoms with van der Waals surface area (Å²) in [5, 5.41) is 0. The Balaban J connectivity index is 1.69. The smallest absolute Gasteiger partial charge is 0.119 e. The molecule has 0 saturated heterocycles. The lowest BCUT2D eigenvalue weighted by Crippen LogP contribution is -2.40. The molecule has 1 aromatic carbocycles. The van der Waals surface area contributed by atoms with Crippen molar-refractivity contribution in [2.75, 3.05) is 7.11 Å². The van der Waals surface area contributed by atoms with Gasteiger partial charge in [0.15, 0.2) is 0 Å². The summed E-state index contributed by atoms with van der Waals surface area (Å²) in [5.74, 6) is 3.63. The molecule has 0 bridgehead atoms. The van der Waals surface area contributed by atoms with E-state index in [2.05, 4.69) is 38.1 Å². The molecule has 0 radical (unpaired) electrons. The van der Waals surface area contributed by atoms with Crippen molar-refractivity contribution < 1.29 is 4.74 Å². The van der Waals surface area contributed by atoms with Gasteiger partial charge in [-0.05, 0) is 91.9 Å². The minimum atomic E-state index is 0.500. The maximum Gasteiger partial charge on any atom is 0.119 e. The maximum absolute atomic E-state index is 5.42. The zero-order valence-electron chi connectivity index (χ0n) is 14.2. The van der Waals surface area contributed by atoms with E-state index in [1.807, 2.05) is 0 Å². The van der Waals surface area contributed by atoms with Gasteiger partial charge >= 0.3 is 0 Å². The third-order valence-electron chi connectivity index (χ3n) is 7.13. The summed E-state index contributed by atoms with van der Waals surface area (Å²) in [4.78, 5) is 0. The lowest BCUT2D eigenvalue weighted by atomic mass is 9.55. The highest BCUT2D eigenvalue weighted by molar-refractivity contribution is 5.41. The third-order valence-corrected chi connectivity index (χ3v) is 7.13. The van der Waals surface area contributed by atoms with Gasteiger partial charge in [0.2, 0.25) is 0 Å². The van der Waals surface area contributed by atoms with E-state index in [1.54, 1.807) is 23.8 Å². The number of allylic oxidation sites excluding steroid dienone is 2. The minimum Gasteiger partial charge on any atom is -0.497 e. The molecular weight excluding hydrogens is 268 g/mol.